The number of hydrogen-bond donors (Lipinski definition) is 2. The van der Waals surface area contributed by atoms with E-state index in [0.717, 1.165) is 22.5 Å². The summed E-state index contributed by atoms with van der Waals surface area (Å²) in [5, 5.41) is 18.0. The first-order chi connectivity index (χ1) is 9.47. The van der Waals surface area contributed by atoms with Crippen molar-refractivity contribution in [2.75, 3.05) is 0 Å². The van der Waals surface area contributed by atoms with Crippen molar-refractivity contribution in [1.29, 1.82) is 0 Å². The first-order valence-electron chi connectivity index (χ1n) is 6.32. The number of carboxylic acid groups (broad SMARTS) is 1. The second kappa shape index (κ2) is 5.69. The summed E-state index contributed by atoms with van der Waals surface area (Å²) in [7, 11) is 0. The predicted molar refractivity (Wildman–Crippen MR) is 74.6 cm³/mol. The molecule has 0 spiro atoms. The molecule has 0 radical (unpaired) electrons. The van der Waals surface area contributed by atoms with E-state index in [9.17, 15) is 9.90 Å². The lowest BCUT2D eigenvalue weighted by atomic mass is 10.1. The Morgan fingerprint density at radius 3 is 2.15 bits per heavy atom. The van der Waals surface area contributed by atoms with Crippen molar-refractivity contribution in [2.24, 2.45) is 0 Å². The molecule has 0 atom stereocenters. The van der Waals surface area contributed by atoms with Gasteiger partial charge in [0.2, 0.25) is 0 Å². The second-order valence-corrected chi connectivity index (χ2v) is 4.64. The SMILES string of the molecule is Cc1nc(-c2ccc(O)cc2)nc(C)c1CCC(=O)O. The normalized spacial score (nSPS) is 10.5. The van der Waals surface area contributed by atoms with Crippen LogP contribution in [0.3, 0.4) is 0 Å². The van der Waals surface area contributed by atoms with E-state index in [-0.39, 0.29) is 12.2 Å². The van der Waals surface area contributed by atoms with Gasteiger partial charge in [0, 0.05) is 23.4 Å². The maximum Gasteiger partial charge on any atom is 0.303 e. The van der Waals surface area contributed by atoms with E-state index in [1.54, 1.807) is 24.3 Å². The number of aryl methyl sites for hydroxylation is 2. The first kappa shape index (κ1) is 14.0. The number of phenolic OH excluding ortho intramolecular Hbond substituents is 1. The number of benzene rings is 1. The molecule has 2 aromatic rings. The highest BCUT2D eigenvalue weighted by Gasteiger charge is 2.11. The second-order valence-electron chi connectivity index (χ2n) is 4.64. The molecule has 0 amide bonds. The van der Waals surface area contributed by atoms with Crippen molar-refractivity contribution in [1.82, 2.24) is 9.97 Å². The fourth-order valence-electron chi connectivity index (χ4n) is 2.07. The van der Waals surface area contributed by atoms with E-state index in [1.807, 2.05) is 13.8 Å². The molecular weight excluding hydrogens is 256 g/mol. The van der Waals surface area contributed by atoms with Gasteiger partial charge in [-0.15, -0.1) is 0 Å². The number of carbonyl (C=O) groups is 1. The molecule has 0 saturated heterocycles. The van der Waals surface area contributed by atoms with Crippen LogP contribution in [-0.2, 0) is 11.2 Å². The van der Waals surface area contributed by atoms with Crippen molar-refractivity contribution < 1.29 is 15.0 Å². The van der Waals surface area contributed by atoms with Crippen LogP contribution in [0.15, 0.2) is 24.3 Å². The molecule has 0 saturated carbocycles. The van der Waals surface area contributed by atoms with Gasteiger partial charge < -0.3 is 10.2 Å². The molecule has 0 fully saturated rings. The van der Waals surface area contributed by atoms with E-state index >= 15 is 0 Å². The molecular formula is C15H16N2O3. The summed E-state index contributed by atoms with van der Waals surface area (Å²) in [6.45, 7) is 3.71. The van der Waals surface area contributed by atoms with Crippen LogP contribution in [0.25, 0.3) is 11.4 Å². The molecule has 0 unspecified atom stereocenters. The van der Waals surface area contributed by atoms with Crippen molar-refractivity contribution in [3.05, 3.63) is 41.2 Å². The smallest absolute Gasteiger partial charge is 0.303 e. The van der Waals surface area contributed by atoms with Gasteiger partial charge in [-0.05, 0) is 50.1 Å². The Morgan fingerprint density at radius 2 is 1.65 bits per heavy atom. The lowest BCUT2D eigenvalue weighted by Gasteiger charge is -2.10. The number of hydrogen-bond acceptors (Lipinski definition) is 4. The summed E-state index contributed by atoms with van der Waals surface area (Å²) in [6.07, 6.45) is 0.506. The number of aromatic hydroxyl groups is 1. The zero-order valence-corrected chi connectivity index (χ0v) is 11.4. The van der Waals surface area contributed by atoms with Crippen LogP contribution in [0.2, 0.25) is 0 Å². The Labute approximate surface area is 117 Å². The highest BCUT2D eigenvalue weighted by molar-refractivity contribution is 5.67. The molecule has 2 N–H and O–H groups in total. The molecule has 0 aliphatic rings. The number of aliphatic carboxylic acids is 1. The molecule has 5 nitrogen and oxygen atoms in total. The Bertz CT molecular complexity index is 613. The average molecular weight is 272 g/mol. The number of rotatable bonds is 4. The van der Waals surface area contributed by atoms with Crippen molar-refractivity contribution >= 4 is 5.97 Å². The fraction of sp³-hybridized carbons (Fsp3) is 0.267. The maximum absolute atomic E-state index is 10.7. The number of carboxylic acids is 1. The van der Waals surface area contributed by atoms with Crippen molar-refractivity contribution in [2.45, 2.75) is 26.7 Å². The minimum Gasteiger partial charge on any atom is -0.508 e. The lowest BCUT2D eigenvalue weighted by molar-refractivity contribution is -0.136. The zero-order valence-electron chi connectivity index (χ0n) is 11.4. The highest BCUT2D eigenvalue weighted by atomic mass is 16.4. The van der Waals surface area contributed by atoms with E-state index in [0.29, 0.717) is 12.2 Å². The topological polar surface area (TPSA) is 83.3 Å². The molecule has 0 bridgehead atoms. The largest absolute Gasteiger partial charge is 0.508 e. The fourth-order valence-corrected chi connectivity index (χ4v) is 2.07. The summed E-state index contributed by atoms with van der Waals surface area (Å²) < 4.78 is 0. The van der Waals surface area contributed by atoms with E-state index in [1.165, 1.54) is 0 Å². The molecule has 1 aromatic heterocycles. The summed E-state index contributed by atoms with van der Waals surface area (Å²) in [6, 6.07) is 6.67. The van der Waals surface area contributed by atoms with Gasteiger partial charge in [-0.25, -0.2) is 9.97 Å². The minimum atomic E-state index is -0.827. The molecule has 20 heavy (non-hydrogen) atoms. The van der Waals surface area contributed by atoms with E-state index < -0.39 is 5.97 Å². The molecule has 0 aliphatic heterocycles. The van der Waals surface area contributed by atoms with Crippen LogP contribution in [-0.4, -0.2) is 26.2 Å². The van der Waals surface area contributed by atoms with Gasteiger partial charge in [0.15, 0.2) is 5.82 Å². The molecule has 104 valence electrons. The standard InChI is InChI=1S/C15H16N2O3/c1-9-13(7-8-14(19)20)10(2)17-15(16-9)11-3-5-12(18)6-4-11/h3-6,18H,7-8H2,1-2H3,(H,19,20). The third-order valence-corrected chi connectivity index (χ3v) is 3.14. The lowest BCUT2D eigenvalue weighted by Crippen LogP contribution is -2.05. The minimum absolute atomic E-state index is 0.0730. The molecule has 5 heteroatoms. The molecule has 1 aromatic carbocycles. The summed E-state index contributed by atoms with van der Waals surface area (Å²) in [4.78, 5) is 19.5. The van der Waals surface area contributed by atoms with Gasteiger partial charge in [0.05, 0.1) is 0 Å². The third-order valence-electron chi connectivity index (χ3n) is 3.14. The van der Waals surface area contributed by atoms with Crippen LogP contribution in [0, 0.1) is 13.8 Å². The van der Waals surface area contributed by atoms with Gasteiger partial charge >= 0.3 is 5.97 Å². The highest BCUT2D eigenvalue weighted by Crippen LogP contribution is 2.21. The Hall–Kier alpha value is -2.43. The van der Waals surface area contributed by atoms with Gasteiger partial charge in [0.1, 0.15) is 5.75 Å². The van der Waals surface area contributed by atoms with Crippen LogP contribution in [0.5, 0.6) is 5.75 Å². The summed E-state index contributed by atoms with van der Waals surface area (Å²) in [5.74, 6) is -0.0502. The van der Waals surface area contributed by atoms with Crippen LogP contribution in [0.4, 0.5) is 0 Å². The van der Waals surface area contributed by atoms with Crippen molar-refractivity contribution in [3.63, 3.8) is 0 Å². The van der Waals surface area contributed by atoms with Gasteiger partial charge in [-0.3, -0.25) is 4.79 Å². The number of nitrogens with zero attached hydrogens (tertiary/aromatic N) is 2. The molecule has 2 rings (SSSR count). The van der Waals surface area contributed by atoms with Crippen LogP contribution < -0.4 is 0 Å². The van der Waals surface area contributed by atoms with Gasteiger partial charge in [0.25, 0.3) is 0 Å². The Balaban J connectivity index is 2.34. The van der Waals surface area contributed by atoms with Crippen molar-refractivity contribution in [3.8, 4) is 17.1 Å². The maximum atomic E-state index is 10.7. The third kappa shape index (κ3) is 3.12. The number of phenols is 1. The summed E-state index contributed by atoms with van der Waals surface area (Å²) >= 11 is 0. The Morgan fingerprint density at radius 1 is 1.10 bits per heavy atom. The number of aromatic nitrogens is 2. The average Bonchev–Trinajstić information content (AvgIpc) is 2.38. The summed E-state index contributed by atoms with van der Waals surface area (Å²) in [5.41, 5.74) is 3.29. The van der Waals surface area contributed by atoms with Gasteiger partial charge in [-0.1, -0.05) is 0 Å². The van der Waals surface area contributed by atoms with E-state index in [4.69, 9.17) is 5.11 Å². The van der Waals surface area contributed by atoms with Gasteiger partial charge in [-0.2, -0.15) is 0 Å². The predicted octanol–water partition coefficient (Wildman–Crippen LogP) is 2.48. The Kier molecular flexibility index (Phi) is 3.98. The zero-order chi connectivity index (χ0) is 14.7. The molecule has 0 aliphatic carbocycles. The van der Waals surface area contributed by atoms with Crippen LogP contribution in [0.1, 0.15) is 23.4 Å². The first-order valence-corrected chi connectivity index (χ1v) is 6.32. The van der Waals surface area contributed by atoms with E-state index in [2.05, 4.69) is 9.97 Å². The monoisotopic (exact) mass is 272 g/mol. The molecule has 1 heterocycles. The van der Waals surface area contributed by atoms with Crippen LogP contribution >= 0.6 is 0 Å². The quantitative estimate of drug-likeness (QED) is 0.893.